The van der Waals surface area contributed by atoms with Gasteiger partial charge in [0.25, 0.3) is 0 Å². The molecule has 1 fully saturated rings. The first kappa shape index (κ1) is 11.8. The molecule has 2 N–H and O–H groups in total. The van der Waals surface area contributed by atoms with Gasteiger partial charge < -0.3 is 15.2 Å². The molecule has 2 aliphatic heterocycles. The summed E-state index contributed by atoms with van der Waals surface area (Å²) in [6.07, 6.45) is 1.15. The number of fused-ring (bicyclic) bond motifs is 1. The lowest BCUT2D eigenvalue weighted by atomic mass is 10.0. The van der Waals surface area contributed by atoms with E-state index in [9.17, 15) is 5.11 Å². The molecule has 1 aromatic rings. The average Bonchev–Trinajstić information content (AvgIpc) is 2.68. The smallest absolute Gasteiger partial charge is 0.127 e. The van der Waals surface area contributed by atoms with Gasteiger partial charge in [-0.3, -0.25) is 4.90 Å². The van der Waals surface area contributed by atoms with E-state index >= 15 is 0 Å². The van der Waals surface area contributed by atoms with Crippen molar-refractivity contribution in [1.82, 2.24) is 10.2 Å². The Labute approximate surface area is 108 Å². The van der Waals surface area contributed by atoms with Crippen molar-refractivity contribution in [2.75, 3.05) is 26.2 Å². The van der Waals surface area contributed by atoms with Gasteiger partial charge in [0.2, 0.25) is 0 Å². The molecule has 1 saturated heterocycles. The topological polar surface area (TPSA) is 44.7 Å². The van der Waals surface area contributed by atoms with Crippen molar-refractivity contribution >= 4 is 0 Å². The van der Waals surface area contributed by atoms with Crippen LogP contribution < -0.4 is 10.1 Å². The lowest BCUT2D eigenvalue weighted by molar-refractivity contribution is 0.0805. The van der Waals surface area contributed by atoms with Gasteiger partial charge in [-0.05, 0) is 25.1 Å². The fourth-order valence-electron chi connectivity index (χ4n) is 2.82. The third kappa shape index (κ3) is 1.95. The van der Waals surface area contributed by atoms with Gasteiger partial charge in [-0.1, -0.05) is 6.92 Å². The summed E-state index contributed by atoms with van der Waals surface area (Å²) in [5.41, 5.74) is 1.22. The summed E-state index contributed by atoms with van der Waals surface area (Å²) < 4.78 is 5.72. The molecule has 4 nitrogen and oxygen atoms in total. The third-order valence-corrected chi connectivity index (χ3v) is 3.86. The molecule has 1 unspecified atom stereocenters. The molecular formula is C14H20N2O2. The van der Waals surface area contributed by atoms with Crippen LogP contribution in [0.15, 0.2) is 18.2 Å². The summed E-state index contributed by atoms with van der Waals surface area (Å²) in [5.74, 6) is 1.12. The van der Waals surface area contributed by atoms with Gasteiger partial charge in [-0.25, -0.2) is 0 Å². The van der Waals surface area contributed by atoms with Gasteiger partial charge in [0.05, 0.1) is 6.04 Å². The van der Waals surface area contributed by atoms with E-state index in [4.69, 9.17) is 4.74 Å². The van der Waals surface area contributed by atoms with Gasteiger partial charge in [-0.15, -0.1) is 0 Å². The number of nitrogens with zero attached hydrogens (tertiary/aromatic N) is 1. The minimum Gasteiger partial charge on any atom is -0.508 e. The fourth-order valence-corrected chi connectivity index (χ4v) is 2.82. The Morgan fingerprint density at radius 1 is 1.44 bits per heavy atom. The first-order valence-corrected chi connectivity index (χ1v) is 6.71. The zero-order valence-corrected chi connectivity index (χ0v) is 10.7. The number of rotatable bonds is 4. The Kier molecular flexibility index (Phi) is 3.14. The SMILES string of the molecule is CCCN(C1CNC1)C1COc2cc(O)ccc21. The monoisotopic (exact) mass is 248 g/mol. The molecule has 0 aliphatic carbocycles. The van der Waals surface area contributed by atoms with Gasteiger partial charge in [-0.2, -0.15) is 0 Å². The lowest BCUT2D eigenvalue weighted by Crippen LogP contribution is -2.58. The maximum atomic E-state index is 9.49. The van der Waals surface area contributed by atoms with Crippen molar-refractivity contribution in [3.63, 3.8) is 0 Å². The number of benzene rings is 1. The van der Waals surface area contributed by atoms with E-state index in [-0.39, 0.29) is 5.75 Å². The maximum Gasteiger partial charge on any atom is 0.127 e. The van der Waals surface area contributed by atoms with E-state index in [1.165, 1.54) is 5.56 Å². The summed E-state index contributed by atoms with van der Waals surface area (Å²) in [6.45, 7) is 6.16. The second kappa shape index (κ2) is 4.78. The molecule has 0 amide bonds. The van der Waals surface area contributed by atoms with Gasteiger partial charge in [0, 0.05) is 30.8 Å². The zero-order valence-electron chi connectivity index (χ0n) is 10.7. The fraction of sp³-hybridized carbons (Fsp3) is 0.571. The summed E-state index contributed by atoms with van der Waals surface area (Å²) in [6, 6.07) is 6.44. The Bertz CT molecular complexity index is 432. The van der Waals surface area contributed by atoms with E-state index in [0.29, 0.717) is 18.7 Å². The number of aromatic hydroxyl groups is 1. The number of hydrogen-bond donors (Lipinski definition) is 2. The van der Waals surface area contributed by atoms with Crippen molar-refractivity contribution in [2.45, 2.75) is 25.4 Å². The largest absolute Gasteiger partial charge is 0.508 e. The lowest BCUT2D eigenvalue weighted by Gasteiger charge is -2.41. The molecule has 1 aromatic carbocycles. The number of nitrogens with one attached hydrogen (secondary N) is 1. The Hall–Kier alpha value is -1.26. The van der Waals surface area contributed by atoms with Crippen molar-refractivity contribution in [1.29, 1.82) is 0 Å². The maximum absolute atomic E-state index is 9.49. The van der Waals surface area contributed by atoms with Crippen LogP contribution >= 0.6 is 0 Å². The second-order valence-corrected chi connectivity index (χ2v) is 5.10. The molecule has 1 atom stereocenters. The van der Waals surface area contributed by atoms with E-state index in [1.807, 2.05) is 6.07 Å². The van der Waals surface area contributed by atoms with Gasteiger partial charge >= 0.3 is 0 Å². The highest BCUT2D eigenvalue weighted by Crippen LogP contribution is 2.39. The minimum absolute atomic E-state index is 0.279. The highest BCUT2D eigenvalue weighted by atomic mass is 16.5. The van der Waals surface area contributed by atoms with Crippen molar-refractivity contribution in [3.8, 4) is 11.5 Å². The van der Waals surface area contributed by atoms with Crippen LogP contribution in [-0.2, 0) is 0 Å². The van der Waals surface area contributed by atoms with Crippen LogP contribution in [0.3, 0.4) is 0 Å². The molecule has 2 aliphatic rings. The summed E-state index contributed by atoms with van der Waals surface area (Å²) >= 11 is 0. The highest BCUT2D eigenvalue weighted by Gasteiger charge is 2.35. The molecule has 3 rings (SSSR count). The van der Waals surface area contributed by atoms with Crippen LogP contribution in [0, 0.1) is 0 Å². The number of phenolic OH excluding ortho intramolecular Hbond substituents is 1. The quantitative estimate of drug-likeness (QED) is 0.848. The van der Waals surface area contributed by atoms with Crippen molar-refractivity contribution < 1.29 is 9.84 Å². The molecule has 98 valence electrons. The van der Waals surface area contributed by atoms with Gasteiger partial charge in [0.1, 0.15) is 18.1 Å². The minimum atomic E-state index is 0.279. The van der Waals surface area contributed by atoms with Crippen LogP contribution in [0.4, 0.5) is 0 Å². The summed E-state index contributed by atoms with van der Waals surface area (Å²) in [5, 5.41) is 12.8. The zero-order chi connectivity index (χ0) is 12.5. The standard InChI is InChI=1S/C14H20N2O2/c1-2-5-16(10-7-15-8-10)13-9-18-14-6-11(17)3-4-12(13)14/h3-4,6,10,13,15,17H,2,5,7-9H2,1H3. The first-order valence-electron chi connectivity index (χ1n) is 6.71. The van der Waals surface area contributed by atoms with Crippen molar-refractivity contribution in [3.05, 3.63) is 23.8 Å². The normalized spacial score (nSPS) is 22.7. The second-order valence-electron chi connectivity index (χ2n) is 5.10. The van der Waals surface area contributed by atoms with Crippen LogP contribution in [-0.4, -0.2) is 42.3 Å². The van der Waals surface area contributed by atoms with Gasteiger partial charge in [0.15, 0.2) is 0 Å². The molecule has 0 radical (unpaired) electrons. The third-order valence-electron chi connectivity index (χ3n) is 3.86. The number of ether oxygens (including phenoxy) is 1. The Morgan fingerprint density at radius 3 is 2.94 bits per heavy atom. The van der Waals surface area contributed by atoms with Crippen LogP contribution in [0.5, 0.6) is 11.5 Å². The average molecular weight is 248 g/mol. The van der Waals surface area contributed by atoms with Crippen LogP contribution in [0.1, 0.15) is 24.9 Å². The molecule has 0 bridgehead atoms. The predicted octanol–water partition coefficient (Wildman–Crippen LogP) is 1.51. The summed E-state index contributed by atoms with van der Waals surface area (Å²) in [7, 11) is 0. The van der Waals surface area contributed by atoms with E-state index < -0.39 is 0 Å². The van der Waals surface area contributed by atoms with Crippen molar-refractivity contribution in [2.24, 2.45) is 0 Å². The molecule has 0 spiro atoms. The Morgan fingerprint density at radius 2 is 2.28 bits per heavy atom. The summed E-state index contributed by atoms with van der Waals surface area (Å²) in [4.78, 5) is 2.54. The first-order chi connectivity index (χ1) is 8.79. The Balaban J connectivity index is 1.84. The molecule has 0 saturated carbocycles. The molecule has 2 heterocycles. The highest BCUT2D eigenvalue weighted by molar-refractivity contribution is 5.44. The van der Waals surface area contributed by atoms with Crippen LogP contribution in [0.2, 0.25) is 0 Å². The molecular weight excluding hydrogens is 228 g/mol. The number of hydrogen-bond acceptors (Lipinski definition) is 4. The van der Waals surface area contributed by atoms with E-state index in [2.05, 4.69) is 17.1 Å². The molecule has 0 aromatic heterocycles. The molecule has 4 heteroatoms. The van der Waals surface area contributed by atoms with E-state index in [1.54, 1.807) is 12.1 Å². The molecule has 18 heavy (non-hydrogen) atoms. The number of phenols is 1. The van der Waals surface area contributed by atoms with E-state index in [0.717, 1.165) is 31.8 Å². The predicted molar refractivity (Wildman–Crippen MR) is 70.0 cm³/mol. The van der Waals surface area contributed by atoms with Crippen LogP contribution in [0.25, 0.3) is 0 Å².